The lowest BCUT2D eigenvalue weighted by atomic mass is 9.97. The number of aromatic nitrogens is 4. The zero-order valence-electron chi connectivity index (χ0n) is 17.6. The molecule has 1 aliphatic rings. The fraction of sp³-hybridized carbons (Fsp3) is 0.292. The summed E-state index contributed by atoms with van der Waals surface area (Å²) in [5.41, 5.74) is 2.79. The van der Waals surface area contributed by atoms with Gasteiger partial charge in [-0.3, -0.25) is 9.36 Å². The molecule has 164 valence electrons. The number of hydrogen-bond acceptors (Lipinski definition) is 5. The Bertz CT molecular complexity index is 1320. The number of rotatable bonds is 4. The van der Waals surface area contributed by atoms with E-state index in [0.717, 1.165) is 16.8 Å². The van der Waals surface area contributed by atoms with Crippen LogP contribution in [0.25, 0.3) is 16.6 Å². The van der Waals surface area contributed by atoms with Crippen LogP contribution in [0.1, 0.15) is 29.2 Å². The summed E-state index contributed by atoms with van der Waals surface area (Å²) in [6.45, 7) is 2.37. The topological polar surface area (TPSA) is 82.2 Å². The lowest BCUT2D eigenvalue weighted by Crippen LogP contribution is -2.39. The fourth-order valence-corrected chi connectivity index (χ4v) is 4.19. The predicted octanol–water partition coefficient (Wildman–Crippen LogP) is 2.94. The minimum Gasteiger partial charge on any atom is -0.391 e. The second-order valence-electron chi connectivity index (χ2n) is 8.12. The van der Waals surface area contributed by atoms with Crippen LogP contribution in [0.5, 0.6) is 0 Å². The van der Waals surface area contributed by atoms with Gasteiger partial charge < -0.3 is 9.84 Å². The van der Waals surface area contributed by atoms with Crippen LogP contribution >= 0.6 is 0 Å². The summed E-state index contributed by atoms with van der Waals surface area (Å²) in [7, 11) is 0. The van der Waals surface area contributed by atoms with Gasteiger partial charge in [-0.05, 0) is 60.7 Å². The monoisotopic (exact) mass is 434 g/mol. The molecule has 3 heterocycles. The first-order valence-electron chi connectivity index (χ1n) is 10.6. The minimum atomic E-state index is -0.705. The summed E-state index contributed by atoms with van der Waals surface area (Å²) in [5, 5.41) is 14.7. The molecule has 2 aromatic heterocycles. The van der Waals surface area contributed by atoms with E-state index in [4.69, 9.17) is 4.74 Å². The predicted molar refractivity (Wildman–Crippen MR) is 118 cm³/mol. The van der Waals surface area contributed by atoms with Crippen molar-refractivity contribution in [2.24, 2.45) is 0 Å². The molecule has 2 atom stereocenters. The molecule has 0 radical (unpaired) electrons. The highest BCUT2D eigenvalue weighted by Gasteiger charge is 2.27. The molecule has 1 aliphatic heterocycles. The van der Waals surface area contributed by atoms with Gasteiger partial charge in [-0.2, -0.15) is 5.10 Å². The first-order chi connectivity index (χ1) is 15.5. The van der Waals surface area contributed by atoms with Gasteiger partial charge in [0.15, 0.2) is 5.82 Å². The van der Waals surface area contributed by atoms with Gasteiger partial charge in [0.25, 0.3) is 5.56 Å². The van der Waals surface area contributed by atoms with Crippen molar-refractivity contribution in [2.45, 2.75) is 31.9 Å². The Hall–Kier alpha value is -3.36. The maximum absolute atomic E-state index is 15.1. The van der Waals surface area contributed by atoms with Crippen molar-refractivity contribution in [3.8, 4) is 5.69 Å². The maximum atomic E-state index is 15.1. The van der Waals surface area contributed by atoms with E-state index >= 15 is 4.39 Å². The molecule has 0 spiro atoms. The van der Waals surface area contributed by atoms with Gasteiger partial charge in [0.05, 0.1) is 36.2 Å². The van der Waals surface area contributed by atoms with E-state index in [1.165, 1.54) is 10.9 Å². The molecule has 4 aromatic rings. The highest BCUT2D eigenvalue weighted by atomic mass is 19.1. The van der Waals surface area contributed by atoms with Crippen LogP contribution in [0.2, 0.25) is 0 Å². The Morgan fingerprint density at radius 2 is 2.09 bits per heavy atom. The first-order valence-corrected chi connectivity index (χ1v) is 10.6. The summed E-state index contributed by atoms with van der Waals surface area (Å²) >= 11 is 0. The van der Waals surface area contributed by atoms with E-state index < -0.39 is 18.0 Å². The molecule has 0 bridgehead atoms. The number of ether oxygens (including phenoxy) is 1. The third kappa shape index (κ3) is 3.61. The Morgan fingerprint density at radius 1 is 1.28 bits per heavy atom. The van der Waals surface area contributed by atoms with E-state index in [1.807, 2.05) is 36.5 Å². The van der Waals surface area contributed by atoms with E-state index in [0.29, 0.717) is 25.0 Å². The highest BCUT2D eigenvalue weighted by molar-refractivity contribution is 5.80. The van der Waals surface area contributed by atoms with E-state index in [2.05, 4.69) is 10.1 Å². The Balaban J connectivity index is 1.52. The number of nitrogens with zero attached hydrogens (tertiary/aromatic N) is 4. The number of aliphatic hydroxyl groups excluding tert-OH is 1. The van der Waals surface area contributed by atoms with Crippen molar-refractivity contribution >= 4 is 10.9 Å². The third-order valence-corrected chi connectivity index (χ3v) is 6.12. The summed E-state index contributed by atoms with van der Waals surface area (Å²) in [6.07, 6.45) is 5.10. The Kier molecular flexibility index (Phi) is 5.32. The Morgan fingerprint density at radius 3 is 2.81 bits per heavy atom. The molecule has 32 heavy (non-hydrogen) atoms. The molecule has 0 amide bonds. The van der Waals surface area contributed by atoms with Crippen molar-refractivity contribution in [2.75, 3.05) is 13.2 Å². The average Bonchev–Trinajstić information content (AvgIpc) is 3.34. The molecule has 1 fully saturated rings. The summed E-state index contributed by atoms with van der Waals surface area (Å²) in [4.78, 5) is 17.4. The van der Waals surface area contributed by atoms with Crippen LogP contribution in [0.3, 0.4) is 0 Å². The molecule has 0 aliphatic carbocycles. The molecule has 1 N–H and O–H groups in total. The van der Waals surface area contributed by atoms with Crippen LogP contribution in [-0.4, -0.2) is 43.8 Å². The number of halogens is 1. The van der Waals surface area contributed by atoms with Gasteiger partial charge in [-0.1, -0.05) is 12.1 Å². The van der Waals surface area contributed by atoms with Gasteiger partial charge in [0.2, 0.25) is 0 Å². The smallest absolute Gasteiger partial charge is 0.261 e. The quantitative estimate of drug-likeness (QED) is 0.534. The van der Waals surface area contributed by atoms with Crippen LogP contribution in [0, 0.1) is 12.7 Å². The molecule has 2 aromatic carbocycles. The zero-order valence-corrected chi connectivity index (χ0v) is 17.6. The summed E-state index contributed by atoms with van der Waals surface area (Å²) in [5.74, 6) is -0.490. The van der Waals surface area contributed by atoms with Gasteiger partial charge in [0.1, 0.15) is 5.52 Å². The second kappa shape index (κ2) is 8.29. The molecule has 8 heteroatoms. The first kappa shape index (κ1) is 20.5. The normalized spacial score (nSPS) is 18.8. The molecule has 0 unspecified atom stereocenters. The number of fused-ring (bicyclic) bond motifs is 1. The summed E-state index contributed by atoms with van der Waals surface area (Å²) < 4.78 is 23.7. The minimum absolute atomic E-state index is 0.0488. The van der Waals surface area contributed by atoms with Gasteiger partial charge >= 0.3 is 0 Å². The van der Waals surface area contributed by atoms with Crippen molar-refractivity contribution in [1.82, 2.24) is 19.3 Å². The van der Waals surface area contributed by atoms with Crippen molar-refractivity contribution < 1.29 is 14.2 Å². The van der Waals surface area contributed by atoms with Crippen LogP contribution in [-0.2, 0) is 11.2 Å². The molecular formula is C24H23FN4O3. The number of benzene rings is 2. The van der Waals surface area contributed by atoms with E-state index in [1.54, 1.807) is 23.9 Å². The van der Waals surface area contributed by atoms with Gasteiger partial charge in [0, 0.05) is 19.0 Å². The molecular weight excluding hydrogens is 411 g/mol. The standard InChI is InChI=1S/C24H23FN4O3/c1-15-17(11-16-3-5-18(6-4-16)29-9-2-8-27-29)12-19-23(22(15)25)26-14-28(24(19)31)20-13-32-10-7-21(20)30/h2-6,8-9,12,14,20-21,30H,7,10-11,13H2,1H3/t20-,21-/m0/s1. The van der Waals surface area contributed by atoms with E-state index in [9.17, 15) is 9.90 Å². The Labute approximate surface area is 183 Å². The summed E-state index contributed by atoms with van der Waals surface area (Å²) in [6, 6.07) is 10.9. The van der Waals surface area contributed by atoms with Gasteiger partial charge in [-0.15, -0.1) is 0 Å². The molecule has 1 saturated heterocycles. The number of hydrogen-bond donors (Lipinski definition) is 1. The van der Waals surface area contributed by atoms with Crippen molar-refractivity contribution in [3.05, 3.63) is 88.0 Å². The molecule has 5 rings (SSSR count). The van der Waals surface area contributed by atoms with Gasteiger partial charge in [-0.25, -0.2) is 14.1 Å². The second-order valence-corrected chi connectivity index (χ2v) is 8.12. The van der Waals surface area contributed by atoms with Crippen molar-refractivity contribution in [1.29, 1.82) is 0 Å². The van der Waals surface area contributed by atoms with Crippen molar-refractivity contribution in [3.63, 3.8) is 0 Å². The largest absolute Gasteiger partial charge is 0.391 e. The lowest BCUT2D eigenvalue weighted by Gasteiger charge is -2.29. The SMILES string of the molecule is Cc1c(Cc2ccc(-n3cccn3)cc2)cc2c(=O)n([C@H]3COCC[C@@H]3O)cnc2c1F. The third-order valence-electron chi connectivity index (χ3n) is 6.12. The fourth-order valence-electron chi connectivity index (χ4n) is 4.19. The van der Waals surface area contributed by atoms with Crippen LogP contribution in [0.15, 0.2) is 59.9 Å². The van der Waals surface area contributed by atoms with E-state index in [-0.39, 0.29) is 23.1 Å². The number of aliphatic hydroxyl groups is 1. The lowest BCUT2D eigenvalue weighted by molar-refractivity contribution is -0.0303. The molecule has 0 saturated carbocycles. The average molecular weight is 434 g/mol. The maximum Gasteiger partial charge on any atom is 0.261 e. The van der Waals surface area contributed by atoms with Crippen LogP contribution in [0.4, 0.5) is 4.39 Å². The molecule has 7 nitrogen and oxygen atoms in total. The zero-order chi connectivity index (χ0) is 22.2. The highest BCUT2D eigenvalue weighted by Crippen LogP contribution is 2.25. The van der Waals surface area contributed by atoms with Crippen LogP contribution < -0.4 is 5.56 Å².